The minimum absolute atomic E-state index is 0.0956. The van der Waals surface area contributed by atoms with Crippen LogP contribution in [0.15, 0.2) is 18.2 Å². The van der Waals surface area contributed by atoms with E-state index in [2.05, 4.69) is 0 Å². The van der Waals surface area contributed by atoms with Gasteiger partial charge in [0.05, 0.1) is 13.2 Å². The Kier molecular flexibility index (Phi) is 14.0. The van der Waals surface area contributed by atoms with E-state index in [0.717, 1.165) is 0 Å². The summed E-state index contributed by atoms with van der Waals surface area (Å²) in [6.45, 7) is 10.6. The lowest BCUT2D eigenvalue weighted by Gasteiger charge is -2.31. The molecule has 0 bridgehead atoms. The van der Waals surface area contributed by atoms with Gasteiger partial charge in [0.2, 0.25) is 0 Å². The van der Waals surface area contributed by atoms with Gasteiger partial charge in [-0.1, -0.05) is 33.8 Å². The van der Waals surface area contributed by atoms with Crippen LogP contribution in [0.5, 0.6) is 11.5 Å². The molecule has 0 saturated carbocycles. The predicted octanol–water partition coefficient (Wildman–Crippen LogP) is 5.01. The summed E-state index contributed by atoms with van der Waals surface area (Å²) < 4.78 is 30.8. The van der Waals surface area contributed by atoms with E-state index >= 15 is 0 Å². The van der Waals surface area contributed by atoms with Crippen molar-refractivity contribution in [3.63, 3.8) is 0 Å². The zero-order valence-corrected chi connectivity index (χ0v) is 22.8. The van der Waals surface area contributed by atoms with Crippen LogP contribution in [0.25, 0.3) is 0 Å². The Balaban J connectivity index is 3.37. The summed E-state index contributed by atoms with van der Waals surface area (Å²) in [6.07, 6.45) is -2.40. The van der Waals surface area contributed by atoms with Gasteiger partial charge in [0.15, 0.2) is 11.5 Å². The molecule has 0 aliphatic rings. The molecule has 0 saturated heterocycles. The average molecular weight is 542 g/mol. The number of carbonyl (C=O) groups excluding carboxylic acids is 3. The van der Waals surface area contributed by atoms with Crippen molar-refractivity contribution in [3.8, 4) is 11.5 Å². The normalized spacial score (nSPS) is 14.7. The Morgan fingerprint density at radius 2 is 1.39 bits per heavy atom. The third-order valence-corrected chi connectivity index (χ3v) is 5.72. The number of benzene rings is 1. The predicted molar refractivity (Wildman–Crippen MR) is 135 cm³/mol. The Hall–Kier alpha value is -3.54. The maximum atomic E-state index is 12.2. The van der Waals surface area contributed by atoms with Crippen molar-refractivity contribution in [1.82, 2.24) is 0 Å². The van der Waals surface area contributed by atoms with Gasteiger partial charge in [0, 0.05) is 11.8 Å². The van der Waals surface area contributed by atoms with Gasteiger partial charge in [-0.3, -0.25) is 4.79 Å². The second-order valence-corrected chi connectivity index (χ2v) is 8.77. The number of hydrogen-bond acceptors (Lipinski definition) is 11. The highest BCUT2D eigenvalue weighted by atomic mass is 16.7. The van der Waals surface area contributed by atoms with Crippen LogP contribution in [0.4, 0.5) is 14.4 Å². The summed E-state index contributed by atoms with van der Waals surface area (Å²) in [5, 5.41) is 9.70. The average Bonchev–Trinajstić information content (AvgIpc) is 2.87. The van der Waals surface area contributed by atoms with E-state index in [1.807, 2.05) is 13.8 Å². The van der Waals surface area contributed by atoms with E-state index in [1.165, 1.54) is 18.2 Å². The maximum absolute atomic E-state index is 12.2. The molecule has 214 valence electrons. The Labute approximate surface area is 222 Å². The number of aliphatic carboxylic acids is 1. The highest BCUT2D eigenvalue weighted by molar-refractivity contribution is 5.75. The van der Waals surface area contributed by atoms with E-state index in [4.69, 9.17) is 34.2 Å². The smallest absolute Gasteiger partial charge is 0.480 e. The molecule has 0 radical (unpaired) electrons. The summed E-state index contributed by atoms with van der Waals surface area (Å²) in [6, 6.07) is 2.69. The fourth-order valence-corrected chi connectivity index (χ4v) is 3.32. The molecular formula is C26H39NO11. The Morgan fingerprint density at radius 3 is 1.89 bits per heavy atom. The number of ether oxygens (including phenoxy) is 6. The van der Waals surface area contributed by atoms with E-state index in [9.17, 15) is 24.3 Å². The van der Waals surface area contributed by atoms with Crippen LogP contribution in [0.1, 0.15) is 72.3 Å². The van der Waals surface area contributed by atoms with Crippen LogP contribution in [0.3, 0.4) is 0 Å². The van der Waals surface area contributed by atoms with Crippen LogP contribution in [-0.4, -0.2) is 61.0 Å². The molecule has 0 amide bonds. The van der Waals surface area contributed by atoms with Crippen molar-refractivity contribution in [3.05, 3.63) is 23.8 Å². The topological polar surface area (TPSA) is 170 Å². The van der Waals surface area contributed by atoms with Crippen LogP contribution in [-0.2, 0) is 23.7 Å². The monoisotopic (exact) mass is 541 g/mol. The van der Waals surface area contributed by atoms with Gasteiger partial charge in [0.1, 0.15) is 18.2 Å². The van der Waals surface area contributed by atoms with Crippen LogP contribution >= 0.6 is 0 Å². The van der Waals surface area contributed by atoms with Crippen molar-refractivity contribution >= 4 is 24.4 Å². The molecule has 0 aliphatic heterocycles. The number of hydrogen-bond donors (Lipinski definition) is 2. The largest absolute Gasteiger partial charge is 0.513 e. The zero-order chi connectivity index (χ0) is 28.8. The second-order valence-electron chi connectivity index (χ2n) is 8.77. The minimum Gasteiger partial charge on any atom is -0.480 e. The first-order chi connectivity index (χ1) is 17.9. The second kappa shape index (κ2) is 16.3. The third-order valence-electron chi connectivity index (χ3n) is 5.72. The van der Waals surface area contributed by atoms with E-state index in [0.29, 0.717) is 24.8 Å². The third kappa shape index (κ3) is 10.4. The van der Waals surface area contributed by atoms with Crippen molar-refractivity contribution in [2.75, 3.05) is 13.2 Å². The highest BCUT2D eigenvalue weighted by Gasteiger charge is 2.36. The molecule has 4 unspecified atom stereocenters. The fourth-order valence-electron chi connectivity index (χ4n) is 3.32. The molecule has 3 N–H and O–H groups in total. The zero-order valence-electron chi connectivity index (χ0n) is 22.8. The van der Waals surface area contributed by atoms with Gasteiger partial charge in [-0.15, -0.1) is 0 Å². The first-order valence-corrected chi connectivity index (χ1v) is 12.6. The van der Waals surface area contributed by atoms with Crippen molar-refractivity contribution in [2.45, 2.75) is 85.0 Å². The molecule has 5 atom stereocenters. The van der Waals surface area contributed by atoms with Gasteiger partial charge >= 0.3 is 24.4 Å². The Morgan fingerprint density at radius 1 is 0.842 bits per heavy atom. The van der Waals surface area contributed by atoms with Gasteiger partial charge in [0.25, 0.3) is 0 Å². The van der Waals surface area contributed by atoms with Gasteiger partial charge in [-0.05, 0) is 50.8 Å². The molecule has 12 heteroatoms. The lowest BCUT2D eigenvalue weighted by atomic mass is 9.79. The molecule has 1 rings (SSSR count). The first kappa shape index (κ1) is 32.5. The number of rotatable bonds is 14. The molecule has 1 aromatic carbocycles. The van der Waals surface area contributed by atoms with Crippen molar-refractivity contribution < 1.29 is 52.7 Å². The van der Waals surface area contributed by atoms with Crippen LogP contribution in [0.2, 0.25) is 0 Å². The summed E-state index contributed by atoms with van der Waals surface area (Å²) in [7, 11) is 0. The van der Waals surface area contributed by atoms with Crippen LogP contribution in [0, 0.1) is 5.92 Å². The van der Waals surface area contributed by atoms with E-state index < -0.39 is 48.4 Å². The molecular weight excluding hydrogens is 502 g/mol. The summed E-state index contributed by atoms with van der Waals surface area (Å²) in [5.74, 6) is -3.22. The molecule has 38 heavy (non-hydrogen) atoms. The Bertz CT molecular complexity index is 936. The van der Waals surface area contributed by atoms with Crippen molar-refractivity contribution in [1.29, 1.82) is 0 Å². The minimum atomic E-state index is -1.43. The van der Waals surface area contributed by atoms with Crippen molar-refractivity contribution in [2.24, 2.45) is 11.7 Å². The summed E-state index contributed by atoms with van der Waals surface area (Å²) in [4.78, 5) is 48.2. The lowest BCUT2D eigenvalue weighted by Crippen LogP contribution is -2.42. The van der Waals surface area contributed by atoms with Gasteiger partial charge < -0.3 is 39.3 Å². The molecule has 0 fully saturated rings. The maximum Gasteiger partial charge on any atom is 0.513 e. The molecule has 0 heterocycles. The fraction of sp³-hybridized carbons (Fsp3) is 0.615. The van der Waals surface area contributed by atoms with E-state index in [-0.39, 0.29) is 30.8 Å². The standard InChI is InChI=1S/C26H39NO11/c1-7-12-33-24(30)37-19-11-10-18(14-20(19)38-25(31)34-13-8-2)21(22(27)23(28)29)16(5)17(6)36-26(32)35-15(4)9-3/h10-11,14-17,21-22H,7-9,12-13,27H2,1-6H3,(H,28,29)/t15?,16?,17?,21?,22-/m0/s1. The number of carboxylic acids is 1. The van der Waals surface area contributed by atoms with Gasteiger partial charge in [-0.25, -0.2) is 14.4 Å². The SMILES string of the molecule is CCCOC(=O)Oc1ccc(C(C(C)C(C)OC(=O)OC(C)CC)[C@H](N)C(=O)O)cc1OC(=O)OCCC. The van der Waals surface area contributed by atoms with Gasteiger partial charge in [-0.2, -0.15) is 0 Å². The molecule has 12 nitrogen and oxygen atoms in total. The lowest BCUT2D eigenvalue weighted by molar-refractivity contribution is -0.139. The number of carboxylic acid groups (broad SMARTS) is 1. The first-order valence-electron chi connectivity index (χ1n) is 12.6. The molecule has 0 spiro atoms. The summed E-state index contributed by atoms with van der Waals surface area (Å²) >= 11 is 0. The number of nitrogens with two attached hydrogens (primary N) is 1. The number of carbonyl (C=O) groups is 4. The van der Waals surface area contributed by atoms with E-state index in [1.54, 1.807) is 27.7 Å². The molecule has 0 aromatic heterocycles. The highest BCUT2D eigenvalue weighted by Crippen LogP contribution is 2.37. The molecule has 0 aliphatic carbocycles. The van der Waals surface area contributed by atoms with Crippen LogP contribution < -0.4 is 15.2 Å². The molecule has 1 aromatic rings. The summed E-state index contributed by atoms with van der Waals surface area (Å²) in [5.41, 5.74) is 6.37. The quantitative estimate of drug-likeness (QED) is 0.184.